The Labute approximate surface area is 98.7 Å². The Morgan fingerprint density at radius 3 is 2.57 bits per heavy atom. The van der Waals surface area contributed by atoms with E-state index >= 15 is 0 Å². The number of anilines is 1. The highest BCUT2D eigenvalue weighted by Gasteiger charge is 2.01. The molecule has 0 aliphatic heterocycles. The lowest BCUT2D eigenvalue weighted by Gasteiger charge is -1.96. The van der Waals surface area contributed by atoms with E-state index in [0.717, 1.165) is 13.8 Å². The van der Waals surface area contributed by atoms with Gasteiger partial charge in [0.15, 0.2) is 4.34 Å². The van der Waals surface area contributed by atoms with Gasteiger partial charge in [-0.15, -0.1) is 0 Å². The second-order valence-electron chi connectivity index (χ2n) is 2.58. The third-order valence-corrected chi connectivity index (χ3v) is 3.96. The quantitative estimate of drug-likeness (QED) is 0.916. The Morgan fingerprint density at radius 2 is 2.00 bits per heavy atom. The summed E-state index contributed by atoms with van der Waals surface area (Å²) in [6.07, 6.45) is 1.69. The van der Waals surface area contributed by atoms with Crippen LogP contribution in [0.2, 0.25) is 0 Å². The lowest BCUT2D eigenvalue weighted by molar-refractivity contribution is 1.25. The lowest BCUT2D eigenvalue weighted by Crippen LogP contribution is -1.73. The number of hydrogen-bond acceptors (Lipinski definition) is 4. The fourth-order valence-electron chi connectivity index (χ4n) is 0.920. The Bertz CT molecular complexity index is 425. The maximum Gasteiger partial charge on any atom is 0.156 e. The van der Waals surface area contributed by atoms with Crippen molar-refractivity contribution in [2.75, 3.05) is 5.73 Å². The molecule has 0 saturated carbocycles. The van der Waals surface area contributed by atoms with Crippen molar-refractivity contribution >= 4 is 44.0 Å². The Balaban J connectivity index is 2.15. The first-order chi connectivity index (χ1) is 6.74. The van der Waals surface area contributed by atoms with Crippen molar-refractivity contribution in [2.24, 2.45) is 0 Å². The molecule has 0 unspecified atom stereocenters. The van der Waals surface area contributed by atoms with Crippen LogP contribution in [0.5, 0.6) is 0 Å². The van der Waals surface area contributed by atoms with E-state index in [1.54, 1.807) is 18.0 Å². The SMILES string of the molecule is Nc1cnc(Sc2ccc(Br)cc2)s1. The smallest absolute Gasteiger partial charge is 0.156 e. The summed E-state index contributed by atoms with van der Waals surface area (Å²) < 4.78 is 2.06. The van der Waals surface area contributed by atoms with E-state index < -0.39 is 0 Å². The number of aromatic nitrogens is 1. The summed E-state index contributed by atoms with van der Waals surface area (Å²) in [6, 6.07) is 8.12. The molecule has 5 heteroatoms. The number of nitrogen functional groups attached to an aromatic ring is 1. The predicted octanol–water partition coefficient (Wildman–Crippen LogP) is 3.64. The number of hydrogen-bond donors (Lipinski definition) is 1. The van der Waals surface area contributed by atoms with Gasteiger partial charge in [0.2, 0.25) is 0 Å². The standard InChI is InChI=1S/C9H7BrN2S2/c10-6-1-3-7(4-2-6)13-9-12-5-8(11)14-9/h1-5H,11H2. The number of nitrogens with zero attached hydrogens (tertiary/aromatic N) is 1. The van der Waals surface area contributed by atoms with Crippen molar-refractivity contribution in [2.45, 2.75) is 9.24 Å². The van der Waals surface area contributed by atoms with E-state index in [-0.39, 0.29) is 0 Å². The zero-order chi connectivity index (χ0) is 9.97. The van der Waals surface area contributed by atoms with Gasteiger partial charge in [0, 0.05) is 9.37 Å². The molecule has 1 aromatic carbocycles. The second kappa shape index (κ2) is 4.33. The molecule has 14 heavy (non-hydrogen) atoms. The number of thiazole rings is 1. The minimum absolute atomic E-state index is 0.754. The van der Waals surface area contributed by atoms with Crippen molar-refractivity contribution < 1.29 is 0 Å². The topological polar surface area (TPSA) is 38.9 Å². The van der Waals surface area contributed by atoms with Gasteiger partial charge in [0.25, 0.3) is 0 Å². The molecule has 0 atom stereocenters. The first-order valence-electron chi connectivity index (χ1n) is 3.89. The summed E-state index contributed by atoms with van der Waals surface area (Å²) >= 11 is 6.52. The Hall–Kier alpha value is -0.520. The van der Waals surface area contributed by atoms with Crippen LogP contribution in [0, 0.1) is 0 Å². The summed E-state index contributed by atoms with van der Waals surface area (Å²) in [7, 11) is 0. The highest BCUT2D eigenvalue weighted by molar-refractivity contribution is 9.10. The van der Waals surface area contributed by atoms with Gasteiger partial charge in [-0.25, -0.2) is 4.98 Å². The zero-order valence-electron chi connectivity index (χ0n) is 7.11. The maximum atomic E-state index is 5.59. The van der Waals surface area contributed by atoms with Crippen LogP contribution >= 0.6 is 39.0 Å². The van der Waals surface area contributed by atoms with Gasteiger partial charge >= 0.3 is 0 Å². The highest BCUT2D eigenvalue weighted by atomic mass is 79.9. The molecule has 0 fully saturated rings. The van der Waals surface area contributed by atoms with E-state index in [4.69, 9.17) is 5.73 Å². The summed E-state index contributed by atoms with van der Waals surface area (Å²) in [6.45, 7) is 0. The molecule has 1 heterocycles. The van der Waals surface area contributed by atoms with Crippen molar-refractivity contribution in [3.63, 3.8) is 0 Å². The van der Waals surface area contributed by atoms with Crippen LogP contribution in [0.3, 0.4) is 0 Å². The molecular formula is C9H7BrN2S2. The van der Waals surface area contributed by atoms with Gasteiger partial charge in [0.1, 0.15) is 5.00 Å². The number of nitrogens with two attached hydrogens (primary N) is 1. The minimum atomic E-state index is 0.754. The third-order valence-electron chi connectivity index (χ3n) is 1.52. The van der Waals surface area contributed by atoms with Crippen LogP contribution in [0.15, 0.2) is 44.2 Å². The fraction of sp³-hybridized carbons (Fsp3) is 0. The van der Waals surface area contributed by atoms with Crippen LogP contribution in [-0.2, 0) is 0 Å². The van der Waals surface area contributed by atoms with E-state index in [2.05, 4.69) is 20.9 Å². The maximum absolute atomic E-state index is 5.59. The average molecular weight is 287 g/mol. The molecule has 0 bridgehead atoms. The molecule has 0 aliphatic rings. The van der Waals surface area contributed by atoms with Crippen molar-refractivity contribution in [1.29, 1.82) is 0 Å². The first kappa shape index (κ1) is 10.0. The van der Waals surface area contributed by atoms with E-state index in [9.17, 15) is 0 Å². The Kier molecular flexibility index (Phi) is 3.10. The predicted molar refractivity (Wildman–Crippen MR) is 64.8 cm³/mol. The first-order valence-corrected chi connectivity index (χ1v) is 6.31. The van der Waals surface area contributed by atoms with E-state index in [1.807, 2.05) is 24.3 Å². The number of halogens is 1. The molecule has 1 aromatic heterocycles. The average Bonchev–Trinajstić information content (AvgIpc) is 2.56. The molecule has 0 aliphatic carbocycles. The van der Waals surface area contributed by atoms with E-state index in [1.165, 1.54) is 16.2 Å². The molecule has 0 saturated heterocycles. The van der Waals surface area contributed by atoms with Gasteiger partial charge in [-0.05, 0) is 24.3 Å². The molecule has 0 amide bonds. The number of rotatable bonds is 2. The summed E-state index contributed by atoms with van der Waals surface area (Å²) in [5, 5.41) is 0.754. The monoisotopic (exact) mass is 286 g/mol. The van der Waals surface area contributed by atoms with Gasteiger partial charge in [-0.3, -0.25) is 0 Å². The van der Waals surface area contributed by atoms with Gasteiger partial charge in [-0.1, -0.05) is 39.0 Å². The van der Waals surface area contributed by atoms with Crippen LogP contribution in [0.1, 0.15) is 0 Å². The molecule has 2 nitrogen and oxygen atoms in total. The normalized spacial score (nSPS) is 10.4. The minimum Gasteiger partial charge on any atom is -0.389 e. The van der Waals surface area contributed by atoms with Gasteiger partial charge in [0.05, 0.1) is 6.20 Å². The number of benzene rings is 1. The molecule has 2 N–H and O–H groups in total. The zero-order valence-corrected chi connectivity index (χ0v) is 10.3. The van der Waals surface area contributed by atoms with Crippen LogP contribution < -0.4 is 5.73 Å². The molecule has 2 aromatic rings. The second-order valence-corrected chi connectivity index (χ2v) is 5.88. The van der Waals surface area contributed by atoms with Crippen LogP contribution in [0.25, 0.3) is 0 Å². The third kappa shape index (κ3) is 2.50. The molecule has 0 spiro atoms. The van der Waals surface area contributed by atoms with E-state index in [0.29, 0.717) is 0 Å². The highest BCUT2D eigenvalue weighted by Crippen LogP contribution is 2.32. The van der Waals surface area contributed by atoms with Crippen molar-refractivity contribution in [3.8, 4) is 0 Å². The van der Waals surface area contributed by atoms with Gasteiger partial charge < -0.3 is 5.73 Å². The van der Waals surface area contributed by atoms with Crippen LogP contribution in [-0.4, -0.2) is 4.98 Å². The molecule has 72 valence electrons. The van der Waals surface area contributed by atoms with Crippen LogP contribution in [0.4, 0.5) is 5.00 Å². The summed E-state index contributed by atoms with van der Waals surface area (Å²) in [5.41, 5.74) is 5.59. The summed E-state index contributed by atoms with van der Waals surface area (Å²) in [4.78, 5) is 5.35. The Morgan fingerprint density at radius 1 is 1.29 bits per heavy atom. The molecule has 0 radical (unpaired) electrons. The van der Waals surface area contributed by atoms with Crippen molar-refractivity contribution in [1.82, 2.24) is 4.98 Å². The fourth-order valence-corrected chi connectivity index (χ4v) is 2.92. The molecular weight excluding hydrogens is 280 g/mol. The summed E-state index contributed by atoms with van der Waals surface area (Å²) in [5.74, 6) is 0. The van der Waals surface area contributed by atoms with Crippen molar-refractivity contribution in [3.05, 3.63) is 34.9 Å². The van der Waals surface area contributed by atoms with Gasteiger partial charge in [-0.2, -0.15) is 0 Å². The molecule has 2 rings (SSSR count). The largest absolute Gasteiger partial charge is 0.389 e. The lowest BCUT2D eigenvalue weighted by atomic mass is 10.4.